The third-order valence-corrected chi connectivity index (χ3v) is 1.94. The molecule has 0 aromatic rings. The highest BCUT2D eigenvalue weighted by atomic mass is 16.2. The number of carbonyl (C=O) groups is 3. The Bertz CT molecular complexity index is 237. The van der Waals surface area contributed by atoms with Crippen molar-refractivity contribution < 1.29 is 14.4 Å². The van der Waals surface area contributed by atoms with Crippen molar-refractivity contribution >= 4 is 17.7 Å². The van der Waals surface area contributed by atoms with E-state index in [0.717, 1.165) is 6.42 Å². The van der Waals surface area contributed by atoms with Gasteiger partial charge in [-0.05, 0) is 12.8 Å². The number of nitrogens with one attached hydrogen (secondary N) is 1. The van der Waals surface area contributed by atoms with Crippen LogP contribution in [-0.2, 0) is 14.4 Å². The first-order chi connectivity index (χ1) is 6.95. The highest BCUT2D eigenvalue weighted by molar-refractivity contribution is 5.92. The first kappa shape index (κ1) is 13.6. The van der Waals surface area contributed by atoms with Crippen molar-refractivity contribution in [2.45, 2.75) is 33.6 Å². The van der Waals surface area contributed by atoms with Gasteiger partial charge in [-0.1, -0.05) is 0 Å². The van der Waals surface area contributed by atoms with Crippen LogP contribution in [-0.4, -0.2) is 35.7 Å². The maximum Gasteiger partial charge on any atom is 0.226 e. The normalized spacial score (nSPS) is 9.53. The molecule has 0 aliphatic heterocycles. The van der Waals surface area contributed by atoms with Gasteiger partial charge < -0.3 is 5.32 Å². The quantitative estimate of drug-likeness (QED) is 0.669. The topological polar surface area (TPSA) is 66.5 Å². The number of nitrogens with zero attached hydrogens (tertiary/aromatic N) is 1. The van der Waals surface area contributed by atoms with Crippen molar-refractivity contribution in [3.8, 4) is 0 Å². The summed E-state index contributed by atoms with van der Waals surface area (Å²) >= 11 is 0. The summed E-state index contributed by atoms with van der Waals surface area (Å²) in [4.78, 5) is 33.7. The molecule has 5 heteroatoms. The van der Waals surface area contributed by atoms with Crippen LogP contribution in [0.2, 0.25) is 0 Å². The molecule has 1 N–H and O–H groups in total. The summed E-state index contributed by atoms with van der Waals surface area (Å²) in [6.07, 6.45) is 1.47. The van der Waals surface area contributed by atoms with Crippen LogP contribution in [0.3, 0.4) is 0 Å². The minimum Gasteiger partial charge on any atom is -0.356 e. The van der Waals surface area contributed by atoms with Crippen molar-refractivity contribution in [3.63, 3.8) is 0 Å². The fourth-order valence-corrected chi connectivity index (χ4v) is 1.20. The lowest BCUT2D eigenvalue weighted by molar-refractivity contribution is -0.142. The predicted molar refractivity (Wildman–Crippen MR) is 56.0 cm³/mol. The number of hydrogen-bond acceptors (Lipinski definition) is 3. The molecule has 0 atom stereocenters. The second kappa shape index (κ2) is 6.98. The number of rotatable bonds is 5. The Balaban J connectivity index is 3.68. The predicted octanol–water partition coefficient (Wildman–Crippen LogP) is 0.298. The van der Waals surface area contributed by atoms with E-state index < -0.39 is 0 Å². The highest BCUT2D eigenvalue weighted by Gasteiger charge is 2.11. The summed E-state index contributed by atoms with van der Waals surface area (Å²) in [5.74, 6) is -0.533. The molecule has 0 aliphatic carbocycles. The van der Waals surface area contributed by atoms with Crippen LogP contribution in [0.5, 0.6) is 0 Å². The molecule has 0 heterocycles. The molecule has 0 radical (unpaired) electrons. The number of amides is 3. The van der Waals surface area contributed by atoms with Crippen molar-refractivity contribution in [3.05, 3.63) is 0 Å². The van der Waals surface area contributed by atoms with Gasteiger partial charge in [0.2, 0.25) is 17.7 Å². The Morgan fingerprint density at radius 2 is 1.53 bits per heavy atom. The lowest BCUT2D eigenvalue weighted by atomic mass is 10.3. The van der Waals surface area contributed by atoms with Crippen molar-refractivity contribution in [2.75, 3.05) is 13.1 Å². The van der Waals surface area contributed by atoms with E-state index in [1.54, 1.807) is 0 Å². The molecule has 0 aliphatic rings. The fourth-order valence-electron chi connectivity index (χ4n) is 1.20. The molecule has 0 rings (SSSR count). The van der Waals surface area contributed by atoms with Crippen molar-refractivity contribution in [1.29, 1.82) is 0 Å². The molecule has 0 bridgehead atoms. The largest absolute Gasteiger partial charge is 0.356 e. The van der Waals surface area contributed by atoms with Crippen LogP contribution in [0.1, 0.15) is 33.6 Å². The Hall–Kier alpha value is -1.39. The van der Waals surface area contributed by atoms with Gasteiger partial charge in [0.15, 0.2) is 0 Å². The third kappa shape index (κ3) is 6.65. The average Bonchev–Trinajstić information content (AvgIpc) is 2.08. The van der Waals surface area contributed by atoms with E-state index in [4.69, 9.17) is 0 Å². The van der Waals surface area contributed by atoms with Crippen LogP contribution in [0, 0.1) is 0 Å². The standard InChI is InChI=1S/C10H18N2O3/c1-8(13)11-6-4-5-7-12(9(2)14)10(3)15/h4-7H2,1-3H3,(H,11,13). The Labute approximate surface area is 89.8 Å². The monoisotopic (exact) mass is 214 g/mol. The summed E-state index contributed by atoms with van der Waals surface area (Å²) in [5, 5.41) is 2.65. The minimum atomic E-state index is -0.234. The summed E-state index contributed by atoms with van der Waals surface area (Å²) < 4.78 is 0. The zero-order valence-electron chi connectivity index (χ0n) is 9.50. The van der Waals surface area contributed by atoms with Gasteiger partial charge in [0.25, 0.3) is 0 Å². The van der Waals surface area contributed by atoms with Gasteiger partial charge >= 0.3 is 0 Å². The van der Waals surface area contributed by atoms with Gasteiger partial charge in [-0.25, -0.2) is 0 Å². The molecular formula is C10H18N2O3. The number of imide groups is 1. The summed E-state index contributed by atoms with van der Waals surface area (Å²) in [7, 11) is 0. The van der Waals surface area contributed by atoms with E-state index in [0.29, 0.717) is 19.5 Å². The summed E-state index contributed by atoms with van der Waals surface area (Å²) in [6, 6.07) is 0. The van der Waals surface area contributed by atoms with Gasteiger partial charge in [0, 0.05) is 33.9 Å². The Morgan fingerprint density at radius 3 is 1.93 bits per heavy atom. The fraction of sp³-hybridized carbons (Fsp3) is 0.700. The van der Waals surface area contributed by atoms with Gasteiger partial charge in [-0.2, -0.15) is 0 Å². The van der Waals surface area contributed by atoms with Gasteiger partial charge in [-0.15, -0.1) is 0 Å². The molecular weight excluding hydrogens is 196 g/mol. The molecule has 86 valence electrons. The minimum absolute atomic E-state index is 0.0648. The molecule has 0 aromatic heterocycles. The first-order valence-electron chi connectivity index (χ1n) is 4.98. The SMILES string of the molecule is CC(=O)NCCCCN(C(C)=O)C(C)=O. The van der Waals surface area contributed by atoms with Crippen LogP contribution >= 0.6 is 0 Å². The molecule has 0 unspecified atom stereocenters. The Morgan fingerprint density at radius 1 is 1.00 bits per heavy atom. The van der Waals surface area contributed by atoms with Gasteiger partial charge in [-0.3, -0.25) is 19.3 Å². The van der Waals surface area contributed by atoms with Crippen LogP contribution in [0.15, 0.2) is 0 Å². The smallest absolute Gasteiger partial charge is 0.226 e. The average molecular weight is 214 g/mol. The first-order valence-corrected chi connectivity index (χ1v) is 4.98. The second-order valence-electron chi connectivity index (χ2n) is 3.38. The maximum absolute atomic E-state index is 11.0. The van der Waals surface area contributed by atoms with E-state index in [1.807, 2.05) is 0 Å². The maximum atomic E-state index is 11.0. The van der Waals surface area contributed by atoms with E-state index in [9.17, 15) is 14.4 Å². The molecule has 0 fully saturated rings. The zero-order chi connectivity index (χ0) is 11.8. The zero-order valence-corrected chi connectivity index (χ0v) is 9.50. The van der Waals surface area contributed by atoms with E-state index in [-0.39, 0.29) is 17.7 Å². The molecule has 0 saturated carbocycles. The van der Waals surface area contributed by atoms with Crippen LogP contribution in [0.4, 0.5) is 0 Å². The molecule has 0 aromatic carbocycles. The van der Waals surface area contributed by atoms with Crippen LogP contribution < -0.4 is 5.32 Å². The number of hydrogen-bond donors (Lipinski definition) is 1. The summed E-state index contributed by atoms with van der Waals surface area (Å²) in [6.45, 7) is 5.20. The van der Waals surface area contributed by atoms with E-state index in [1.165, 1.54) is 25.7 Å². The third-order valence-electron chi connectivity index (χ3n) is 1.94. The highest BCUT2D eigenvalue weighted by Crippen LogP contribution is 1.96. The number of unbranched alkanes of at least 4 members (excludes halogenated alkanes) is 1. The Kier molecular flexibility index (Phi) is 6.33. The van der Waals surface area contributed by atoms with Crippen molar-refractivity contribution in [2.24, 2.45) is 0 Å². The van der Waals surface area contributed by atoms with Gasteiger partial charge in [0.05, 0.1) is 0 Å². The molecule has 3 amide bonds. The van der Waals surface area contributed by atoms with Gasteiger partial charge in [0.1, 0.15) is 0 Å². The van der Waals surface area contributed by atoms with Crippen LogP contribution in [0.25, 0.3) is 0 Å². The molecule has 0 spiro atoms. The lowest BCUT2D eigenvalue weighted by Gasteiger charge is -2.16. The van der Waals surface area contributed by atoms with Crippen molar-refractivity contribution in [1.82, 2.24) is 10.2 Å². The molecule has 0 saturated heterocycles. The van der Waals surface area contributed by atoms with E-state index in [2.05, 4.69) is 5.32 Å². The summed E-state index contributed by atoms with van der Waals surface area (Å²) in [5.41, 5.74) is 0. The second-order valence-corrected chi connectivity index (χ2v) is 3.38. The number of carbonyl (C=O) groups excluding carboxylic acids is 3. The molecule has 15 heavy (non-hydrogen) atoms. The lowest BCUT2D eigenvalue weighted by Crippen LogP contribution is -2.34. The molecule has 5 nitrogen and oxygen atoms in total. The van der Waals surface area contributed by atoms with E-state index >= 15 is 0 Å².